The largest absolute Gasteiger partial charge is 0.467 e. The first kappa shape index (κ1) is 16.0. The number of sulfonamides is 1. The Labute approximate surface area is 125 Å². The number of rotatable bonds is 7. The summed E-state index contributed by atoms with van der Waals surface area (Å²) in [7, 11) is -3.38. The second-order valence-corrected chi connectivity index (χ2v) is 7.31. The number of nitrogens with one attached hydrogen (secondary N) is 2. The molecule has 0 unspecified atom stereocenters. The Bertz CT molecular complexity index is 533. The van der Waals surface area contributed by atoms with E-state index in [1.165, 1.54) is 12.7 Å². The zero-order chi connectivity index (χ0) is 15.1. The molecule has 1 aromatic rings. The second-order valence-electron chi connectivity index (χ2n) is 5.46. The molecular weight excluding hydrogens is 292 g/mol. The minimum atomic E-state index is -3.38. The van der Waals surface area contributed by atoms with Gasteiger partial charge < -0.3 is 9.73 Å². The van der Waals surface area contributed by atoms with Crippen LogP contribution in [-0.2, 0) is 21.4 Å². The van der Waals surface area contributed by atoms with Gasteiger partial charge in [-0.15, -0.1) is 0 Å². The van der Waals surface area contributed by atoms with Crippen LogP contribution in [0.4, 0.5) is 0 Å². The molecule has 1 aromatic heterocycles. The van der Waals surface area contributed by atoms with Crippen LogP contribution in [-0.4, -0.2) is 26.6 Å². The topological polar surface area (TPSA) is 88.4 Å². The summed E-state index contributed by atoms with van der Waals surface area (Å²) in [6.45, 7) is 0.0337. The maximum absolute atomic E-state index is 11.9. The van der Waals surface area contributed by atoms with Gasteiger partial charge in [0.1, 0.15) is 5.76 Å². The van der Waals surface area contributed by atoms with Gasteiger partial charge in [0.05, 0.1) is 25.1 Å². The fraction of sp³-hybridized carbons (Fsp3) is 0.643. The standard InChI is InChI=1S/C14H22N2O4S/c17-14(15-9-13-7-4-8-20-13)10-16-21(18,19)11-12-5-2-1-3-6-12/h4,7-8,12,16H,1-3,5-6,9-11H2,(H,15,17). The number of furan rings is 1. The van der Waals surface area contributed by atoms with Crippen molar-refractivity contribution < 1.29 is 17.6 Å². The quantitative estimate of drug-likeness (QED) is 0.796. The Kier molecular flexibility index (Phi) is 5.81. The molecule has 6 nitrogen and oxygen atoms in total. The van der Waals surface area contributed by atoms with Crippen molar-refractivity contribution in [2.45, 2.75) is 38.6 Å². The van der Waals surface area contributed by atoms with E-state index in [0.29, 0.717) is 5.76 Å². The molecule has 2 N–H and O–H groups in total. The fourth-order valence-corrected chi connectivity index (χ4v) is 3.98. The van der Waals surface area contributed by atoms with E-state index in [9.17, 15) is 13.2 Å². The fourth-order valence-electron chi connectivity index (χ4n) is 2.56. The van der Waals surface area contributed by atoms with E-state index in [1.807, 2.05) is 0 Å². The van der Waals surface area contributed by atoms with Gasteiger partial charge in [-0.1, -0.05) is 19.3 Å². The predicted octanol–water partition coefficient (Wildman–Crippen LogP) is 1.40. The molecule has 118 valence electrons. The second kappa shape index (κ2) is 7.61. The highest BCUT2D eigenvalue weighted by atomic mass is 32.2. The van der Waals surface area contributed by atoms with E-state index in [1.54, 1.807) is 12.1 Å². The number of hydrogen-bond acceptors (Lipinski definition) is 4. The molecule has 1 aliphatic carbocycles. The van der Waals surface area contributed by atoms with Crippen LogP contribution in [0, 0.1) is 5.92 Å². The lowest BCUT2D eigenvalue weighted by atomic mass is 9.91. The van der Waals surface area contributed by atoms with Gasteiger partial charge >= 0.3 is 0 Å². The van der Waals surface area contributed by atoms with Crippen LogP contribution in [0.2, 0.25) is 0 Å². The summed E-state index contributed by atoms with van der Waals surface area (Å²) < 4.78 is 31.3. The minimum Gasteiger partial charge on any atom is -0.467 e. The molecule has 0 radical (unpaired) electrons. The average molecular weight is 314 g/mol. The zero-order valence-electron chi connectivity index (χ0n) is 12.0. The van der Waals surface area contributed by atoms with Crippen LogP contribution >= 0.6 is 0 Å². The van der Waals surface area contributed by atoms with Gasteiger partial charge in [0, 0.05) is 0 Å². The molecule has 2 rings (SSSR count). The van der Waals surface area contributed by atoms with Gasteiger partial charge in [0.15, 0.2) is 0 Å². The minimum absolute atomic E-state index is 0.123. The third-order valence-corrected chi connectivity index (χ3v) is 5.17. The first-order valence-electron chi connectivity index (χ1n) is 7.31. The van der Waals surface area contributed by atoms with Gasteiger partial charge in [0.25, 0.3) is 0 Å². The van der Waals surface area contributed by atoms with Gasteiger partial charge in [-0.05, 0) is 30.9 Å². The Morgan fingerprint density at radius 3 is 2.71 bits per heavy atom. The normalized spacial score (nSPS) is 16.8. The molecule has 0 spiro atoms. The van der Waals surface area contributed by atoms with E-state index < -0.39 is 10.0 Å². The monoisotopic (exact) mass is 314 g/mol. The molecule has 1 aliphatic rings. The van der Waals surface area contributed by atoms with Crippen LogP contribution < -0.4 is 10.0 Å². The third kappa shape index (κ3) is 5.89. The molecule has 1 heterocycles. The first-order chi connectivity index (χ1) is 10.1. The number of carbonyl (C=O) groups is 1. The zero-order valence-corrected chi connectivity index (χ0v) is 12.8. The number of amides is 1. The summed E-state index contributed by atoms with van der Waals surface area (Å²) in [6, 6.07) is 3.47. The van der Waals surface area contributed by atoms with Crippen molar-refractivity contribution in [2.24, 2.45) is 5.92 Å². The van der Waals surface area contributed by atoms with Crippen LogP contribution in [0.3, 0.4) is 0 Å². The predicted molar refractivity (Wildman–Crippen MR) is 78.9 cm³/mol. The van der Waals surface area contributed by atoms with Gasteiger partial charge in [0.2, 0.25) is 15.9 Å². The van der Waals surface area contributed by atoms with Crippen LogP contribution in [0.25, 0.3) is 0 Å². The van der Waals surface area contributed by atoms with Crippen molar-refractivity contribution in [3.8, 4) is 0 Å². The maximum atomic E-state index is 11.9. The van der Waals surface area contributed by atoms with Crippen molar-refractivity contribution in [3.63, 3.8) is 0 Å². The molecule has 7 heteroatoms. The van der Waals surface area contributed by atoms with Gasteiger partial charge in [-0.3, -0.25) is 4.79 Å². The van der Waals surface area contributed by atoms with Crippen molar-refractivity contribution >= 4 is 15.9 Å². The van der Waals surface area contributed by atoms with Crippen LogP contribution in [0.15, 0.2) is 22.8 Å². The average Bonchev–Trinajstić information content (AvgIpc) is 2.97. The summed E-state index contributed by atoms with van der Waals surface area (Å²) in [5.41, 5.74) is 0. The molecule has 21 heavy (non-hydrogen) atoms. The Morgan fingerprint density at radius 2 is 2.05 bits per heavy atom. The van der Waals surface area contributed by atoms with E-state index in [0.717, 1.165) is 25.7 Å². The summed E-state index contributed by atoms with van der Waals surface area (Å²) in [5, 5.41) is 2.60. The Morgan fingerprint density at radius 1 is 1.29 bits per heavy atom. The smallest absolute Gasteiger partial charge is 0.235 e. The van der Waals surface area contributed by atoms with Crippen molar-refractivity contribution in [1.82, 2.24) is 10.0 Å². The molecular formula is C14H22N2O4S. The molecule has 1 saturated carbocycles. The molecule has 0 atom stereocenters. The summed E-state index contributed by atoms with van der Waals surface area (Å²) in [5.74, 6) is 0.618. The Balaban J connectivity index is 1.69. The lowest BCUT2D eigenvalue weighted by molar-refractivity contribution is -0.120. The van der Waals surface area contributed by atoms with Crippen LogP contribution in [0.5, 0.6) is 0 Å². The first-order valence-corrected chi connectivity index (χ1v) is 8.97. The van der Waals surface area contributed by atoms with Crippen molar-refractivity contribution in [3.05, 3.63) is 24.2 Å². The van der Waals surface area contributed by atoms with Crippen molar-refractivity contribution in [2.75, 3.05) is 12.3 Å². The highest BCUT2D eigenvalue weighted by molar-refractivity contribution is 7.89. The highest BCUT2D eigenvalue weighted by Crippen LogP contribution is 2.24. The summed E-state index contributed by atoms with van der Waals surface area (Å²) >= 11 is 0. The SMILES string of the molecule is O=C(CNS(=O)(=O)CC1CCCCC1)NCc1ccco1. The molecule has 0 bridgehead atoms. The molecule has 1 amide bonds. The van der Waals surface area contributed by atoms with Gasteiger partial charge in [-0.25, -0.2) is 13.1 Å². The summed E-state index contributed by atoms with van der Waals surface area (Å²) in [4.78, 5) is 11.6. The number of carbonyl (C=O) groups excluding carboxylic acids is 1. The molecule has 0 aromatic carbocycles. The molecule has 1 fully saturated rings. The molecule has 0 saturated heterocycles. The van der Waals surface area contributed by atoms with Crippen LogP contribution in [0.1, 0.15) is 37.9 Å². The lowest BCUT2D eigenvalue weighted by Crippen LogP contribution is -2.38. The van der Waals surface area contributed by atoms with E-state index >= 15 is 0 Å². The summed E-state index contributed by atoms with van der Waals surface area (Å²) in [6.07, 6.45) is 6.85. The third-order valence-electron chi connectivity index (χ3n) is 3.67. The van der Waals surface area contributed by atoms with E-state index in [4.69, 9.17) is 4.42 Å². The maximum Gasteiger partial charge on any atom is 0.235 e. The lowest BCUT2D eigenvalue weighted by Gasteiger charge is -2.21. The number of hydrogen-bond donors (Lipinski definition) is 2. The van der Waals surface area contributed by atoms with E-state index in [-0.39, 0.29) is 30.7 Å². The molecule has 0 aliphatic heterocycles. The van der Waals surface area contributed by atoms with Crippen molar-refractivity contribution in [1.29, 1.82) is 0 Å². The Hall–Kier alpha value is -1.34. The highest BCUT2D eigenvalue weighted by Gasteiger charge is 2.21. The van der Waals surface area contributed by atoms with E-state index in [2.05, 4.69) is 10.0 Å². The van der Waals surface area contributed by atoms with Gasteiger partial charge in [-0.2, -0.15) is 0 Å².